The van der Waals surface area contributed by atoms with E-state index in [4.69, 9.17) is 19.5 Å². The maximum atomic E-state index is 14.5. The molecule has 2 heterocycles. The second kappa shape index (κ2) is 24.6. The van der Waals surface area contributed by atoms with Gasteiger partial charge in [-0.25, -0.2) is 28.8 Å². The molecule has 5 aromatic carbocycles. The zero-order chi connectivity index (χ0) is 58.2. The first kappa shape index (κ1) is 60.0. The standard InChI is InChI=1S/C35H41FN4O4.C27H33N3O5/c1-23(2)21-35(28-14-9-8-10-15-28)31(42)40(32(38-35)37-33(43)44-34(4,5)6)24(3)26-12-11-13-27(20-26)30(41)39(7)22-25-16-18-29(36)19-17-25;1-17(2)16-27(21-13-8-7-9-14-21)23(33)30(24(29-27)28-25(34)35-26(4,5)6)18(3)19-11-10-12-20(15-19)22(31)32/h8-20,23-24H,21-22H2,1-7H3,(H,37,38,43);7-15,17-18H,16H2,1-6H3,(H,31,32)(H,28,29,34)/t24-,35-;18-,27-/m11/s1. The number of carbonyl (C=O) groups excluding carboxylic acids is 5. The van der Waals surface area contributed by atoms with Gasteiger partial charge in [0.2, 0.25) is 11.9 Å². The molecule has 5 aromatic rings. The maximum Gasteiger partial charge on any atom is 0.414 e. The summed E-state index contributed by atoms with van der Waals surface area (Å²) in [4.78, 5) is 93.5. The van der Waals surface area contributed by atoms with Crippen molar-refractivity contribution in [1.82, 2.24) is 25.3 Å². The van der Waals surface area contributed by atoms with E-state index in [1.807, 2.05) is 101 Å². The molecule has 79 heavy (non-hydrogen) atoms. The normalized spacial score (nSPS) is 18.0. The number of hydrogen-bond acceptors (Lipinski definition) is 10. The van der Waals surface area contributed by atoms with Gasteiger partial charge in [0.1, 0.15) is 17.0 Å². The highest BCUT2D eigenvalue weighted by atomic mass is 19.1. The molecule has 2 aliphatic rings. The summed E-state index contributed by atoms with van der Waals surface area (Å²) in [5, 5.41) is 14.9. The topological polar surface area (TPSA) is 200 Å². The smallest absolute Gasteiger partial charge is 0.414 e. The van der Waals surface area contributed by atoms with Gasteiger partial charge in [-0.3, -0.25) is 34.8 Å². The van der Waals surface area contributed by atoms with Gasteiger partial charge >= 0.3 is 18.2 Å². The molecule has 0 radical (unpaired) electrons. The minimum absolute atomic E-state index is 0.0713. The second-order valence-corrected chi connectivity index (χ2v) is 22.8. The summed E-state index contributed by atoms with van der Waals surface area (Å²) >= 11 is 0. The monoisotopic (exact) mass is 1080 g/mol. The van der Waals surface area contributed by atoms with E-state index in [-0.39, 0.29) is 52.9 Å². The Labute approximate surface area is 463 Å². The van der Waals surface area contributed by atoms with Gasteiger partial charge in [0.25, 0.3) is 17.7 Å². The Morgan fingerprint density at radius 2 is 0.987 bits per heavy atom. The highest BCUT2D eigenvalue weighted by molar-refractivity contribution is 6.12. The van der Waals surface area contributed by atoms with Crippen molar-refractivity contribution in [3.8, 4) is 0 Å². The van der Waals surface area contributed by atoms with Crippen LogP contribution in [0.2, 0.25) is 0 Å². The summed E-state index contributed by atoms with van der Waals surface area (Å²) in [6, 6.07) is 36.9. The largest absolute Gasteiger partial charge is 0.478 e. The van der Waals surface area contributed by atoms with Gasteiger partial charge in [0, 0.05) is 19.2 Å². The lowest BCUT2D eigenvalue weighted by Crippen LogP contribution is -2.48. The van der Waals surface area contributed by atoms with Crippen molar-refractivity contribution in [2.24, 2.45) is 21.8 Å². The predicted octanol–water partition coefficient (Wildman–Crippen LogP) is 11.9. The highest BCUT2D eigenvalue weighted by Gasteiger charge is 2.53. The molecule has 7 rings (SSSR count). The highest BCUT2D eigenvalue weighted by Crippen LogP contribution is 2.44. The molecular weight excluding hydrogens is 1010 g/mol. The molecule has 0 unspecified atom stereocenters. The first-order valence-corrected chi connectivity index (χ1v) is 26.5. The van der Waals surface area contributed by atoms with Crippen molar-refractivity contribution in [2.45, 2.75) is 137 Å². The number of rotatable bonds is 14. The molecular formula is C62H74FN7O9. The van der Waals surface area contributed by atoms with Crippen LogP contribution >= 0.6 is 0 Å². The Morgan fingerprint density at radius 1 is 0.595 bits per heavy atom. The Hall–Kier alpha value is -8.21. The average molecular weight is 1080 g/mol. The molecule has 0 spiro atoms. The van der Waals surface area contributed by atoms with E-state index >= 15 is 0 Å². The first-order chi connectivity index (χ1) is 37.0. The van der Waals surface area contributed by atoms with Gasteiger partial charge < -0.3 is 19.5 Å². The first-order valence-electron chi connectivity index (χ1n) is 26.5. The number of ether oxygens (including phenoxy) is 2. The van der Waals surface area contributed by atoms with Crippen molar-refractivity contribution in [3.05, 3.63) is 178 Å². The summed E-state index contributed by atoms with van der Waals surface area (Å²) in [6.45, 7) is 22.5. The van der Waals surface area contributed by atoms with Gasteiger partial charge in [-0.05, 0) is 144 Å². The molecule has 5 amide bonds. The second-order valence-electron chi connectivity index (χ2n) is 22.8. The number of alkyl carbamates (subject to hydrolysis) is 2. The number of amides is 5. The van der Waals surface area contributed by atoms with Gasteiger partial charge in [-0.15, -0.1) is 0 Å². The van der Waals surface area contributed by atoms with Gasteiger partial charge in [-0.2, -0.15) is 0 Å². The lowest BCUT2D eigenvalue weighted by atomic mass is 9.82. The molecule has 2 aliphatic heterocycles. The molecule has 3 N–H and O–H groups in total. The molecule has 418 valence electrons. The Kier molecular flexibility index (Phi) is 18.7. The number of carbonyl (C=O) groups is 6. The molecule has 17 heteroatoms. The van der Waals surface area contributed by atoms with Crippen molar-refractivity contribution < 1.29 is 47.7 Å². The van der Waals surface area contributed by atoms with Crippen LogP contribution in [-0.4, -0.2) is 85.9 Å². The zero-order valence-electron chi connectivity index (χ0n) is 47.5. The third-order valence-electron chi connectivity index (χ3n) is 13.0. The van der Waals surface area contributed by atoms with Crippen molar-refractivity contribution >= 4 is 47.8 Å². The van der Waals surface area contributed by atoms with E-state index in [2.05, 4.69) is 10.6 Å². The van der Waals surface area contributed by atoms with Crippen LogP contribution in [0.4, 0.5) is 14.0 Å². The van der Waals surface area contributed by atoms with E-state index in [1.54, 1.807) is 103 Å². The number of aliphatic imine (C=N–C) groups is 2. The molecule has 0 aliphatic carbocycles. The number of carboxylic acid groups (broad SMARTS) is 1. The lowest BCUT2D eigenvalue weighted by molar-refractivity contribution is -0.134. The Balaban J connectivity index is 0.000000262. The van der Waals surface area contributed by atoms with Crippen LogP contribution in [0.3, 0.4) is 0 Å². The molecule has 0 bridgehead atoms. The van der Waals surface area contributed by atoms with Crippen LogP contribution in [0.5, 0.6) is 0 Å². The van der Waals surface area contributed by atoms with E-state index < -0.39 is 52.5 Å². The van der Waals surface area contributed by atoms with Gasteiger partial charge in [0.15, 0.2) is 11.1 Å². The number of benzene rings is 5. The predicted molar refractivity (Wildman–Crippen MR) is 301 cm³/mol. The molecule has 4 atom stereocenters. The quantitative estimate of drug-likeness (QED) is 0.0968. The fourth-order valence-corrected chi connectivity index (χ4v) is 9.64. The number of halogens is 1. The van der Waals surface area contributed by atoms with Crippen LogP contribution in [0.25, 0.3) is 0 Å². The van der Waals surface area contributed by atoms with Crippen molar-refractivity contribution in [2.75, 3.05) is 7.05 Å². The summed E-state index contributed by atoms with van der Waals surface area (Å²) in [5.41, 5.74) is 0.0784. The van der Waals surface area contributed by atoms with E-state index in [0.29, 0.717) is 36.1 Å². The van der Waals surface area contributed by atoms with Crippen LogP contribution in [0.15, 0.2) is 143 Å². The van der Waals surface area contributed by atoms with Crippen LogP contribution in [-0.2, 0) is 36.7 Å². The Morgan fingerprint density at radius 3 is 1.37 bits per heavy atom. The van der Waals surface area contributed by atoms with E-state index in [0.717, 1.165) is 16.7 Å². The number of nitrogens with zero attached hydrogens (tertiary/aromatic N) is 5. The minimum Gasteiger partial charge on any atom is -0.478 e. The average Bonchev–Trinajstić information content (AvgIpc) is 3.85. The number of nitrogens with one attached hydrogen (secondary N) is 2. The summed E-state index contributed by atoms with van der Waals surface area (Å²) in [5.74, 6) is -1.81. The number of hydrogen-bond donors (Lipinski definition) is 3. The van der Waals surface area contributed by atoms with E-state index in [1.165, 1.54) is 34.1 Å². The van der Waals surface area contributed by atoms with Crippen LogP contribution in [0.1, 0.15) is 157 Å². The molecule has 0 aromatic heterocycles. The third-order valence-corrected chi connectivity index (χ3v) is 13.0. The summed E-state index contributed by atoms with van der Waals surface area (Å²) < 4.78 is 24.3. The lowest BCUT2D eigenvalue weighted by Gasteiger charge is -2.31. The van der Waals surface area contributed by atoms with Gasteiger partial charge in [-0.1, -0.05) is 125 Å². The number of carboxylic acids is 1. The fraction of sp³-hybridized carbons (Fsp3) is 0.387. The maximum absolute atomic E-state index is 14.5. The SMILES string of the molecule is CC(C)C[C@]1(c2ccccc2)N=C(NC(=O)OC(C)(C)C)N([C@H](C)c2cccc(C(=O)N(C)Cc3ccc(F)cc3)c2)C1=O.CC(C)C[C@]1(c2ccccc2)N=C(NC(=O)OC(C)(C)C)N([C@H](C)c2cccc(C(=O)O)c2)C1=O. The summed E-state index contributed by atoms with van der Waals surface area (Å²) in [6.07, 6.45) is -0.603. The number of guanidine groups is 2. The van der Waals surface area contributed by atoms with Crippen LogP contribution < -0.4 is 10.6 Å². The molecule has 16 nitrogen and oxygen atoms in total. The molecule has 0 saturated carbocycles. The van der Waals surface area contributed by atoms with Crippen molar-refractivity contribution in [3.63, 3.8) is 0 Å². The summed E-state index contributed by atoms with van der Waals surface area (Å²) in [7, 11) is 1.68. The zero-order valence-corrected chi connectivity index (χ0v) is 47.5. The minimum atomic E-state index is -1.25. The molecule has 0 fully saturated rings. The molecule has 0 saturated heterocycles. The fourth-order valence-electron chi connectivity index (χ4n) is 9.64. The third kappa shape index (κ3) is 14.7. The van der Waals surface area contributed by atoms with Crippen molar-refractivity contribution in [1.29, 1.82) is 0 Å². The van der Waals surface area contributed by atoms with E-state index in [9.17, 15) is 38.3 Å². The number of aromatic carboxylic acids is 1. The Bertz CT molecular complexity index is 3080. The van der Waals surface area contributed by atoms with Crippen LogP contribution in [0, 0.1) is 17.7 Å². The van der Waals surface area contributed by atoms with Gasteiger partial charge in [0.05, 0.1) is 17.6 Å².